The Labute approximate surface area is 188 Å². The number of allylic oxidation sites excluding steroid dienone is 1. The predicted molar refractivity (Wildman–Crippen MR) is 126 cm³/mol. The van der Waals surface area contributed by atoms with Crippen molar-refractivity contribution in [3.8, 4) is 0 Å². The number of hydrogen-bond acceptors (Lipinski definition) is 4. The third-order valence-electron chi connectivity index (χ3n) is 5.35. The highest BCUT2D eigenvalue weighted by Crippen LogP contribution is 2.32. The van der Waals surface area contributed by atoms with E-state index in [0.29, 0.717) is 21.9 Å². The fourth-order valence-electron chi connectivity index (χ4n) is 3.45. The van der Waals surface area contributed by atoms with Crippen LogP contribution in [0.2, 0.25) is 0 Å². The maximum atomic E-state index is 12.7. The highest BCUT2D eigenvalue weighted by atomic mass is 32.1. The topological polar surface area (TPSA) is 70.7 Å². The number of rotatable bonds is 6. The smallest absolute Gasteiger partial charge is 0.338 e. The van der Waals surface area contributed by atoms with Gasteiger partial charge in [-0.15, -0.1) is 0 Å². The van der Waals surface area contributed by atoms with Gasteiger partial charge in [0, 0.05) is 24.0 Å². The SMILES string of the molecule is CCOC(=O)C1=C(C)N(C)C(=S)NC1c1cccc(NC(=O)c2ccc(CC)cc2)c1. The molecule has 6 nitrogen and oxygen atoms in total. The van der Waals surface area contributed by atoms with Crippen molar-refractivity contribution in [3.63, 3.8) is 0 Å². The minimum absolute atomic E-state index is 0.191. The molecule has 2 aromatic rings. The molecule has 3 rings (SSSR count). The molecule has 31 heavy (non-hydrogen) atoms. The van der Waals surface area contributed by atoms with Gasteiger partial charge in [-0.3, -0.25) is 4.79 Å². The molecule has 1 aliphatic rings. The van der Waals surface area contributed by atoms with Crippen LogP contribution < -0.4 is 10.6 Å². The molecule has 2 aromatic carbocycles. The Bertz CT molecular complexity index is 1030. The number of amides is 1. The van der Waals surface area contributed by atoms with Crippen molar-refractivity contribution in [2.24, 2.45) is 0 Å². The minimum Gasteiger partial charge on any atom is -0.463 e. The summed E-state index contributed by atoms with van der Waals surface area (Å²) in [7, 11) is 1.81. The second kappa shape index (κ2) is 9.75. The Morgan fingerprint density at radius 3 is 2.52 bits per heavy atom. The van der Waals surface area contributed by atoms with Crippen molar-refractivity contribution in [3.05, 3.63) is 76.5 Å². The molecule has 1 unspecified atom stereocenters. The second-order valence-corrected chi connectivity index (χ2v) is 7.68. The van der Waals surface area contributed by atoms with Gasteiger partial charge < -0.3 is 20.3 Å². The monoisotopic (exact) mass is 437 g/mol. The van der Waals surface area contributed by atoms with E-state index >= 15 is 0 Å². The Balaban J connectivity index is 1.89. The number of benzene rings is 2. The number of esters is 1. The molecule has 2 N–H and O–H groups in total. The fraction of sp³-hybridized carbons (Fsp3) is 0.292. The third kappa shape index (κ3) is 4.94. The Hall–Kier alpha value is -3.19. The van der Waals surface area contributed by atoms with Gasteiger partial charge in [-0.25, -0.2) is 4.79 Å². The van der Waals surface area contributed by atoms with E-state index in [9.17, 15) is 9.59 Å². The standard InChI is InChI=1S/C24H27N3O3S/c1-5-16-10-12-17(13-11-16)22(28)25-19-9-7-8-18(14-19)21-20(23(29)30-6-2)15(3)27(4)24(31)26-21/h7-14,21H,5-6H2,1-4H3,(H,25,28)(H,26,31). The number of hydrogen-bond donors (Lipinski definition) is 2. The first-order valence-electron chi connectivity index (χ1n) is 10.3. The molecule has 1 atom stereocenters. The molecule has 0 saturated heterocycles. The molecule has 0 aromatic heterocycles. The summed E-state index contributed by atoms with van der Waals surface area (Å²) in [5.74, 6) is -0.582. The van der Waals surface area contributed by atoms with E-state index in [-0.39, 0.29) is 12.5 Å². The number of aryl methyl sites for hydroxylation is 1. The fourth-order valence-corrected chi connectivity index (χ4v) is 3.70. The molecule has 0 saturated carbocycles. The molecule has 0 aliphatic carbocycles. The first kappa shape index (κ1) is 22.5. The second-order valence-electron chi connectivity index (χ2n) is 7.29. The van der Waals surface area contributed by atoms with E-state index in [0.717, 1.165) is 17.7 Å². The number of carbonyl (C=O) groups excluding carboxylic acids is 2. The summed E-state index contributed by atoms with van der Waals surface area (Å²) in [5.41, 5.74) is 4.43. The summed E-state index contributed by atoms with van der Waals surface area (Å²) in [5, 5.41) is 6.66. The van der Waals surface area contributed by atoms with E-state index in [2.05, 4.69) is 17.6 Å². The summed E-state index contributed by atoms with van der Waals surface area (Å²) in [6.45, 7) is 5.97. The van der Waals surface area contributed by atoms with Gasteiger partial charge in [0.05, 0.1) is 18.2 Å². The van der Waals surface area contributed by atoms with Crippen molar-refractivity contribution in [1.29, 1.82) is 0 Å². The van der Waals surface area contributed by atoms with Crippen LogP contribution in [0.3, 0.4) is 0 Å². The lowest BCUT2D eigenvalue weighted by Crippen LogP contribution is -2.46. The Morgan fingerprint density at radius 2 is 1.87 bits per heavy atom. The summed E-state index contributed by atoms with van der Waals surface area (Å²) in [6, 6.07) is 14.5. The van der Waals surface area contributed by atoms with Crippen molar-refractivity contribution in [2.75, 3.05) is 19.0 Å². The molecular formula is C24H27N3O3S. The number of thiocarbonyl (C=S) groups is 1. The summed E-state index contributed by atoms with van der Waals surface area (Å²) >= 11 is 5.43. The molecule has 0 fully saturated rings. The van der Waals surface area contributed by atoms with Crippen LogP contribution in [-0.4, -0.2) is 35.5 Å². The van der Waals surface area contributed by atoms with E-state index < -0.39 is 12.0 Å². The largest absolute Gasteiger partial charge is 0.463 e. The number of nitrogens with zero attached hydrogens (tertiary/aromatic N) is 1. The van der Waals surface area contributed by atoms with Crippen LogP contribution in [0.4, 0.5) is 5.69 Å². The van der Waals surface area contributed by atoms with Gasteiger partial charge in [0.25, 0.3) is 5.91 Å². The van der Waals surface area contributed by atoms with Gasteiger partial charge >= 0.3 is 5.97 Å². The van der Waals surface area contributed by atoms with Gasteiger partial charge in [-0.2, -0.15) is 0 Å². The molecule has 0 spiro atoms. The number of ether oxygens (including phenoxy) is 1. The van der Waals surface area contributed by atoms with Gasteiger partial charge in [0.2, 0.25) is 0 Å². The van der Waals surface area contributed by atoms with E-state index in [1.165, 1.54) is 5.56 Å². The zero-order valence-corrected chi connectivity index (χ0v) is 19.0. The van der Waals surface area contributed by atoms with Gasteiger partial charge in [0.15, 0.2) is 5.11 Å². The Morgan fingerprint density at radius 1 is 1.16 bits per heavy atom. The van der Waals surface area contributed by atoms with Gasteiger partial charge in [-0.1, -0.05) is 31.2 Å². The summed E-state index contributed by atoms with van der Waals surface area (Å²) in [6.07, 6.45) is 0.922. The summed E-state index contributed by atoms with van der Waals surface area (Å²) in [4.78, 5) is 27.1. The van der Waals surface area contributed by atoms with Crippen molar-refractivity contribution >= 4 is 34.9 Å². The molecule has 0 radical (unpaired) electrons. The predicted octanol–water partition coefficient (Wildman–Crippen LogP) is 4.20. The van der Waals surface area contributed by atoms with Crippen LogP contribution in [0.15, 0.2) is 59.8 Å². The maximum absolute atomic E-state index is 12.7. The lowest BCUT2D eigenvalue weighted by atomic mass is 9.95. The average Bonchev–Trinajstić information content (AvgIpc) is 2.77. The molecular weight excluding hydrogens is 410 g/mol. The first-order valence-corrected chi connectivity index (χ1v) is 10.7. The molecule has 1 amide bonds. The zero-order chi connectivity index (χ0) is 22.5. The van der Waals surface area contributed by atoms with Crippen LogP contribution >= 0.6 is 12.2 Å². The quantitative estimate of drug-likeness (QED) is 0.521. The minimum atomic E-state index is -0.469. The maximum Gasteiger partial charge on any atom is 0.338 e. The number of carbonyl (C=O) groups is 2. The van der Waals surface area contributed by atoms with E-state index in [1.54, 1.807) is 18.9 Å². The van der Waals surface area contributed by atoms with Crippen LogP contribution in [0, 0.1) is 0 Å². The normalized spacial score (nSPS) is 16.1. The highest BCUT2D eigenvalue weighted by molar-refractivity contribution is 7.80. The van der Waals surface area contributed by atoms with Crippen LogP contribution in [-0.2, 0) is 16.0 Å². The van der Waals surface area contributed by atoms with Gasteiger partial charge in [-0.05, 0) is 67.9 Å². The van der Waals surface area contributed by atoms with E-state index in [4.69, 9.17) is 17.0 Å². The molecule has 1 heterocycles. The lowest BCUT2D eigenvalue weighted by molar-refractivity contribution is -0.139. The Kier molecular flexibility index (Phi) is 7.07. The molecule has 1 aliphatic heterocycles. The van der Waals surface area contributed by atoms with Crippen molar-refractivity contribution in [1.82, 2.24) is 10.2 Å². The first-order chi connectivity index (χ1) is 14.8. The average molecular weight is 438 g/mol. The van der Waals surface area contributed by atoms with Crippen LogP contribution in [0.25, 0.3) is 0 Å². The van der Waals surface area contributed by atoms with Gasteiger partial charge in [0.1, 0.15) is 0 Å². The lowest BCUT2D eigenvalue weighted by Gasteiger charge is -2.35. The third-order valence-corrected chi connectivity index (χ3v) is 5.74. The van der Waals surface area contributed by atoms with Crippen molar-refractivity contribution in [2.45, 2.75) is 33.2 Å². The molecule has 162 valence electrons. The highest BCUT2D eigenvalue weighted by Gasteiger charge is 2.33. The zero-order valence-electron chi connectivity index (χ0n) is 18.2. The molecule has 0 bridgehead atoms. The van der Waals surface area contributed by atoms with Crippen LogP contribution in [0.1, 0.15) is 48.3 Å². The molecule has 7 heteroatoms. The van der Waals surface area contributed by atoms with Crippen molar-refractivity contribution < 1.29 is 14.3 Å². The van der Waals surface area contributed by atoms with Crippen LogP contribution in [0.5, 0.6) is 0 Å². The summed E-state index contributed by atoms with van der Waals surface area (Å²) < 4.78 is 5.28. The van der Waals surface area contributed by atoms with E-state index in [1.807, 2.05) is 55.5 Å². The number of nitrogens with one attached hydrogen (secondary N) is 2. The number of anilines is 1.